The number of nitrogens with one attached hydrogen (secondary N) is 1. The molecule has 0 unspecified atom stereocenters. The van der Waals surface area contributed by atoms with Crippen molar-refractivity contribution in [2.24, 2.45) is 0 Å². The highest BCUT2D eigenvalue weighted by Gasteiger charge is 2.24. The molecule has 5 aromatic carbocycles. The number of carbonyl (C=O) groups is 2. The minimum absolute atomic E-state index is 0.234. The number of carbonyl (C=O) groups excluding carboxylic acids is 2. The van der Waals surface area contributed by atoms with E-state index in [1.54, 1.807) is 32.4 Å². The zero-order valence-electron chi connectivity index (χ0n) is 23.1. The van der Waals surface area contributed by atoms with Gasteiger partial charge in [0, 0.05) is 33.5 Å². The molecule has 1 heterocycles. The summed E-state index contributed by atoms with van der Waals surface area (Å²) in [6, 6.07) is 35.1. The second-order valence-corrected chi connectivity index (χ2v) is 9.47. The number of anilines is 1. The van der Waals surface area contributed by atoms with Crippen LogP contribution in [0.2, 0.25) is 0 Å². The highest BCUT2D eigenvalue weighted by atomic mass is 19.1. The number of ether oxygens (including phenoxy) is 2. The molecule has 0 saturated heterocycles. The first kappa shape index (κ1) is 28.1. The topological polar surface area (TPSA) is 64.6 Å². The van der Waals surface area contributed by atoms with E-state index in [2.05, 4.69) is 5.32 Å². The Bertz CT molecular complexity index is 1760. The van der Waals surface area contributed by atoms with Gasteiger partial charge in [-0.25, -0.2) is 4.39 Å². The van der Waals surface area contributed by atoms with E-state index in [9.17, 15) is 14.0 Å². The minimum atomic E-state index is -0.370. The third-order valence-corrected chi connectivity index (χ3v) is 6.83. The summed E-state index contributed by atoms with van der Waals surface area (Å²) in [5.74, 6) is 0.922. The number of amides is 1. The number of hydrogen-bond donors (Lipinski definition) is 1. The number of rotatable bonds is 6. The van der Waals surface area contributed by atoms with Crippen molar-refractivity contribution >= 4 is 29.5 Å². The molecule has 5 aromatic rings. The number of benzene rings is 5. The quantitative estimate of drug-likeness (QED) is 0.169. The summed E-state index contributed by atoms with van der Waals surface area (Å²) in [6.07, 6.45) is 2.61. The summed E-state index contributed by atoms with van der Waals surface area (Å²) in [7, 11) is 3.26. The van der Waals surface area contributed by atoms with E-state index < -0.39 is 0 Å². The Morgan fingerprint density at radius 1 is 0.643 bits per heavy atom. The largest absolute Gasteiger partial charge is 0.496 e. The molecule has 0 saturated carbocycles. The van der Waals surface area contributed by atoms with Crippen LogP contribution in [0.3, 0.4) is 0 Å². The van der Waals surface area contributed by atoms with E-state index in [0.29, 0.717) is 22.4 Å². The Morgan fingerprint density at radius 3 is 1.74 bits per heavy atom. The molecule has 0 fully saturated rings. The van der Waals surface area contributed by atoms with Gasteiger partial charge in [0.05, 0.1) is 14.2 Å². The second-order valence-electron chi connectivity index (χ2n) is 9.47. The number of halogens is 1. The maximum atomic E-state index is 13.6. The van der Waals surface area contributed by atoms with Gasteiger partial charge in [-0.3, -0.25) is 9.59 Å². The van der Waals surface area contributed by atoms with Gasteiger partial charge in [-0.15, -0.1) is 0 Å². The Balaban J connectivity index is 0.000000189. The zero-order valence-corrected chi connectivity index (χ0v) is 23.1. The molecule has 1 aliphatic heterocycles. The van der Waals surface area contributed by atoms with Crippen LogP contribution in [0.4, 0.5) is 10.1 Å². The number of hydrogen-bond acceptors (Lipinski definition) is 4. The molecule has 208 valence electrons. The van der Waals surface area contributed by atoms with Gasteiger partial charge in [0.15, 0.2) is 0 Å². The fraction of sp³-hybridized carbons (Fsp3) is 0.0556. The smallest absolute Gasteiger partial charge is 0.256 e. The molecule has 0 aliphatic carbocycles. The average Bonchev–Trinajstić information content (AvgIpc) is 3.35. The average molecular weight is 558 g/mol. The van der Waals surface area contributed by atoms with E-state index in [4.69, 9.17) is 9.47 Å². The van der Waals surface area contributed by atoms with Crippen LogP contribution >= 0.6 is 0 Å². The predicted molar refractivity (Wildman–Crippen MR) is 165 cm³/mol. The summed E-state index contributed by atoms with van der Waals surface area (Å²) in [6.45, 7) is 0. The first-order valence-electron chi connectivity index (χ1n) is 13.3. The highest BCUT2D eigenvalue weighted by molar-refractivity contribution is 6.34. The van der Waals surface area contributed by atoms with Crippen LogP contribution in [0.15, 0.2) is 115 Å². The van der Waals surface area contributed by atoms with Crippen molar-refractivity contribution in [1.29, 1.82) is 0 Å². The standard InChI is InChI=1S/C22H16FNO2.C14H12O2/c1-26-21-10-7-14(11-17(21)15-5-3-2-4-6-15)12-19-18-13-16(23)8-9-20(18)24-22(19)25;1-16-14-8-7-11(10-15)9-13(14)12-5-3-2-4-6-12/h2-13H,1H3,(H,24,25);2-10H,1H3/b19-12+;. The van der Waals surface area contributed by atoms with Gasteiger partial charge in [0.1, 0.15) is 23.6 Å². The van der Waals surface area contributed by atoms with Crippen LogP contribution in [-0.2, 0) is 4.79 Å². The molecule has 1 amide bonds. The molecule has 6 rings (SSSR count). The lowest BCUT2D eigenvalue weighted by molar-refractivity contribution is -0.110. The lowest BCUT2D eigenvalue weighted by Crippen LogP contribution is -2.03. The van der Waals surface area contributed by atoms with E-state index in [-0.39, 0.29) is 11.7 Å². The maximum Gasteiger partial charge on any atom is 0.256 e. The molecular formula is C36H28FNO4. The van der Waals surface area contributed by atoms with Crippen molar-refractivity contribution in [3.05, 3.63) is 138 Å². The summed E-state index contributed by atoms with van der Waals surface area (Å²) in [4.78, 5) is 23.0. The first-order valence-corrected chi connectivity index (χ1v) is 13.3. The molecule has 0 radical (unpaired) electrons. The molecule has 0 aromatic heterocycles. The first-order chi connectivity index (χ1) is 20.5. The van der Waals surface area contributed by atoms with Crippen LogP contribution in [0, 0.1) is 5.82 Å². The summed E-state index contributed by atoms with van der Waals surface area (Å²) < 4.78 is 24.4. The molecule has 0 atom stereocenters. The lowest BCUT2D eigenvalue weighted by Gasteiger charge is -2.10. The fourth-order valence-corrected chi connectivity index (χ4v) is 4.77. The molecule has 0 spiro atoms. The molecule has 0 bridgehead atoms. The van der Waals surface area contributed by atoms with Gasteiger partial charge < -0.3 is 14.8 Å². The summed E-state index contributed by atoms with van der Waals surface area (Å²) >= 11 is 0. The molecule has 1 N–H and O–H groups in total. The third kappa shape index (κ3) is 6.13. The second kappa shape index (κ2) is 12.8. The van der Waals surface area contributed by atoms with Crippen molar-refractivity contribution in [2.45, 2.75) is 0 Å². The number of fused-ring (bicyclic) bond motifs is 1. The van der Waals surface area contributed by atoms with Crippen LogP contribution in [0.5, 0.6) is 11.5 Å². The lowest BCUT2D eigenvalue weighted by atomic mass is 9.99. The van der Waals surface area contributed by atoms with Crippen LogP contribution in [0.25, 0.3) is 33.9 Å². The molecular weight excluding hydrogens is 529 g/mol. The normalized spacial score (nSPS) is 12.5. The molecule has 5 nitrogen and oxygen atoms in total. The zero-order chi connectivity index (χ0) is 29.5. The van der Waals surface area contributed by atoms with E-state index in [1.165, 1.54) is 12.1 Å². The van der Waals surface area contributed by atoms with E-state index >= 15 is 0 Å². The highest BCUT2D eigenvalue weighted by Crippen LogP contribution is 2.36. The summed E-state index contributed by atoms with van der Waals surface area (Å²) in [5, 5.41) is 2.77. The van der Waals surface area contributed by atoms with Crippen molar-refractivity contribution < 1.29 is 23.5 Å². The van der Waals surface area contributed by atoms with Gasteiger partial charge in [0.2, 0.25) is 0 Å². The SMILES string of the molecule is COc1ccc(/C=C2/C(=O)Nc3ccc(F)cc32)cc1-c1ccccc1.COc1ccc(C=O)cc1-c1ccccc1. The number of methoxy groups -OCH3 is 2. The van der Waals surface area contributed by atoms with Crippen molar-refractivity contribution in [3.63, 3.8) is 0 Å². The van der Waals surface area contributed by atoms with Gasteiger partial charge in [-0.2, -0.15) is 0 Å². The fourth-order valence-electron chi connectivity index (χ4n) is 4.77. The summed E-state index contributed by atoms with van der Waals surface area (Å²) in [5.41, 5.74) is 7.07. The third-order valence-electron chi connectivity index (χ3n) is 6.83. The van der Waals surface area contributed by atoms with Gasteiger partial charge >= 0.3 is 0 Å². The Labute approximate surface area is 243 Å². The van der Waals surface area contributed by atoms with E-state index in [1.807, 2.05) is 91.0 Å². The molecule has 1 aliphatic rings. The van der Waals surface area contributed by atoms with Crippen LogP contribution in [0.1, 0.15) is 21.5 Å². The van der Waals surface area contributed by atoms with Gasteiger partial charge in [0.25, 0.3) is 5.91 Å². The van der Waals surface area contributed by atoms with Crippen molar-refractivity contribution in [1.82, 2.24) is 0 Å². The molecule has 6 heteroatoms. The minimum Gasteiger partial charge on any atom is -0.496 e. The van der Waals surface area contributed by atoms with E-state index in [0.717, 1.165) is 45.6 Å². The van der Waals surface area contributed by atoms with Crippen LogP contribution < -0.4 is 14.8 Å². The van der Waals surface area contributed by atoms with Crippen LogP contribution in [-0.4, -0.2) is 26.4 Å². The molecule has 42 heavy (non-hydrogen) atoms. The maximum absolute atomic E-state index is 13.6. The van der Waals surface area contributed by atoms with Crippen molar-refractivity contribution in [3.8, 4) is 33.8 Å². The van der Waals surface area contributed by atoms with Gasteiger partial charge in [-0.05, 0) is 71.3 Å². The Hall–Kier alpha value is -5.49. The Kier molecular flexibility index (Phi) is 8.54. The predicted octanol–water partition coefficient (Wildman–Crippen LogP) is 8.17. The Morgan fingerprint density at radius 2 is 1.19 bits per heavy atom. The van der Waals surface area contributed by atoms with Gasteiger partial charge in [-0.1, -0.05) is 66.7 Å². The number of aldehydes is 1. The van der Waals surface area contributed by atoms with Crippen molar-refractivity contribution in [2.75, 3.05) is 19.5 Å². The monoisotopic (exact) mass is 557 g/mol.